The van der Waals surface area contributed by atoms with Crippen molar-refractivity contribution in [1.82, 2.24) is 0 Å². The van der Waals surface area contributed by atoms with Gasteiger partial charge in [0.1, 0.15) is 0 Å². The van der Waals surface area contributed by atoms with Crippen LogP contribution in [0.1, 0.15) is 0 Å². The Bertz CT molecular complexity index is 232. The maximum atomic E-state index is 5.34. The second kappa shape index (κ2) is 2.94. The molecule has 0 fully saturated rings. The zero-order chi connectivity index (χ0) is 8.32. The van der Waals surface area contributed by atoms with Gasteiger partial charge in [-0.25, -0.2) is 0 Å². The lowest BCUT2D eigenvalue weighted by Gasteiger charge is -2.29. The van der Waals surface area contributed by atoms with Crippen molar-refractivity contribution in [1.29, 1.82) is 0 Å². The van der Waals surface area contributed by atoms with Crippen molar-refractivity contribution in [3.63, 3.8) is 0 Å². The molecule has 0 aromatic heterocycles. The first kappa shape index (κ1) is 8.10. The lowest BCUT2D eigenvalue weighted by Crippen LogP contribution is -2.35. The smallest absolute Gasteiger partial charge is 0.153 e. The van der Waals surface area contributed by atoms with Crippen molar-refractivity contribution in [2.75, 3.05) is 7.11 Å². The molecule has 0 saturated heterocycles. The molecule has 0 aromatic carbocycles. The minimum Gasteiger partial charge on any atom is -0.361 e. The highest BCUT2D eigenvalue weighted by atomic mass is 16.5. The normalized spacial score (nSPS) is 35.2. The van der Waals surface area contributed by atoms with Crippen LogP contribution in [-0.4, -0.2) is 12.7 Å². The molecule has 0 saturated carbocycles. The summed E-state index contributed by atoms with van der Waals surface area (Å²) in [6, 6.07) is 0. The zero-order valence-electron chi connectivity index (χ0n) is 6.58. The van der Waals surface area contributed by atoms with Crippen LogP contribution in [0.3, 0.4) is 0 Å². The fraction of sp³-hybridized carbons (Fsp3) is 0.300. The Morgan fingerprint density at radius 3 is 2.73 bits per heavy atom. The maximum Gasteiger partial charge on any atom is 0.153 e. The number of ether oxygens (including phenoxy) is 1. The SMILES string of the molecule is C#CC1(OC)C=CC=CC1[CH2]. The van der Waals surface area contributed by atoms with Gasteiger partial charge in [0.2, 0.25) is 0 Å². The van der Waals surface area contributed by atoms with Gasteiger partial charge in [0.25, 0.3) is 0 Å². The molecule has 57 valence electrons. The molecule has 0 bridgehead atoms. The standard InChI is InChI=1S/C10H11O/c1-4-10(11-3)8-6-5-7-9(10)2/h1,5-9H,2H2,3H3. The van der Waals surface area contributed by atoms with Gasteiger partial charge in [-0.15, -0.1) is 6.42 Å². The van der Waals surface area contributed by atoms with E-state index >= 15 is 0 Å². The summed E-state index contributed by atoms with van der Waals surface area (Å²) in [6.07, 6.45) is 12.9. The summed E-state index contributed by atoms with van der Waals surface area (Å²) in [5, 5.41) is 0. The predicted molar refractivity (Wildman–Crippen MR) is 45.7 cm³/mol. The molecule has 0 heterocycles. The van der Waals surface area contributed by atoms with E-state index in [1.165, 1.54) is 0 Å². The third-order valence-electron chi connectivity index (χ3n) is 1.91. The van der Waals surface area contributed by atoms with E-state index in [2.05, 4.69) is 12.8 Å². The van der Waals surface area contributed by atoms with Crippen LogP contribution < -0.4 is 0 Å². The molecule has 0 amide bonds. The van der Waals surface area contributed by atoms with Crippen LogP contribution in [0.15, 0.2) is 24.3 Å². The second-order valence-electron chi connectivity index (χ2n) is 2.49. The van der Waals surface area contributed by atoms with Crippen molar-refractivity contribution in [2.45, 2.75) is 5.60 Å². The lowest BCUT2D eigenvalue weighted by atomic mass is 9.86. The molecular weight excluding hydrogens is 136 g/mol. The Hall–Kier alpha value is -1.00. The summed E-state index contributed by atoms with van der Waals surface area (Å²) in [4.78, 5) is 0. The molecule has 11 heavy (non-hydrogen) atoms. The molecule has 1 rings (SSSR count). The summed E-state index contributed by atoms with van der Waals surface area (Å²) in [5.74, 6) is 2.60. The van der Waals surface area contributed by atoms with Gasteiger partial charge in [-0.1, -0.05) is 24.1 Å². The molecule has 1 aliphatic carbocycles. The molecule has 0 spiro atoms. The Labute approximate surface area is 67.8 Å². The van der Waals surface area contributed by atoms with Gasteiger partial charge in [0.15, 0.2) is 5.60 Å². The molecule has 2 unspecified atom stereocenters. The van der Waals surface area contributed by atoms with Gasteiger partial charge in [0, 0.05) is 13.0 Å². The Morgan fingerprint density at radius 2 is 2.36 bits per heavy atom. The number of allylic oxidation sites excluding steroid dienone is 2. The maximum absolute atomic E-state index is 5.34. The summed E-state index contributed by atoms with van der Waals surface area (Å²) in [5.41, 5.74) is -0.630. The average molecular weight is 147 g/mol. The van der Waals surface area contributed by atoms with Gasteiger partial charge >= 0.3 is 0 Å². The monoisotopic (exact) mass is 147 g/mol. The van der Waals surface area contributed by atoms with Crippen LogP contribution >= 0.6 is 0 Å². The van der Waals surface area contributed by atoms with Crippen LogP contribution in [0.4, 0.5) is 0 Å². The zero-order valence-corrected chi connectivity index (χ0v) is 6.58. The molecule has 0 aliphatic heterocycles. The largest absolute Gasteiger partial charge is 0.361 e. The van der Waals surface area contributed by atoms with E-state index in [-0.39, 0.29) is 5.92 Å². The summed E-state index contributed by atoms with van der Waals surface area (Å²) < 4.78 is 5.20. The van der Waals surface area contributed by atoms with E-state index in [1.807, 2.05) is 24.3 Å². The van der Waals surface area contributed by atoms with E-state index in [9.17, 15) is 0 Å². The van der Waals surface area contributed by atoms with Gasteiger partial charge < -0.3 is 4.74 Å². The topological polar surface area (TPSA) is 9.23 Å². The molecule has 0 N–H and O–H groups in total. The lowest BCUT2D eigenvalue weighted by molar-refractivity contribution is 0.0599. The van der Waals surface area contributed by atoms with Crippen LogP contribution in [0.25, 0.3) is 0 Å². The highest BCUT2D eigenvalue weighted by molar-refractivity contribution is 5.32. The van der Waals surface area contributed by atoms with Crippen LogP contribution in [-0.2, 0) is 4.74 Å². The number of rotatable bonds is 1. The van der Waals surface area contributed by atoms with E-state index in [1.54, 1.807) is 7.11 Å². The average Bonchev–Trinajstić information content (AvgIpc) is 2.06. The van der Waals surface area contributed by atoms with Crippen LogP contribution in [0.5, 0.6) is 0 Å². The van der Waals surface area contributed by atoms with E-state index < -0.39 is 5.60 Å². The fourth-order valence-electron chi connectivity index (χ4n) is 1.10. The quantitative estimate of drug-likeness (QED) is 0.512. The van der Waals surface area contributed by atoms with Crippen molar-refractivity contribution in [2.24, 2.45) is 5.92 Å². The second-order valence-corrected chi connectivity index (χ2v) is 2.49. The number of methoxy groups -OCH3 is 1. The van der Waals surface area contributed by atoms with Gasteiger partial charge in [-0.05, 0) is 13.0 Å². The molecule has 2 atom stereocenters. The number of hydrogen-bond donors (Lipinski definition) is 0. The van der Waals surface area contributed by atoms with E-state index in [0.717, 1.165) is 0 Å². The fourth-order valence-corrected chi connectivity index (χ4v) is 1.10. The highest BCUT2D eigenvalue weighted by Crippen LogP contribution is 2.26. The van der Waals surface area contributed by atoms with Gasteiger partial charge in [-0.3, -0.25) is 0 Å². The first-order chi connectivity index (χ1) is 5.25. The van der Waals surface area contributed by atoms with Gasteiger partial charge in [-0.2, -0.15) is 0 Å². The van der Waals surface area contributed by atoms with Crippen molar-refractivity contribution in [3.8, 4) is 12.3 Å². The third-order valence-corrected chi connectivity index (χ3v) is 1.91. The molecule has 1 aliphatic rings. The predicted octanol–water partition coefficient (Wildman–Crippen LogP) is 1.58. The molecule has 0 aromatic rings. The van der Waals surface area contributed by atoms with E-state index in [0.29, 0.717) is 0 Å². The first-order valence-electron chi connectivity index (χ1n) is 3.47. The minimum absolute atomic E-state index is 0.00231. The Balaban J connectivity index is 2.94. The Kier molecular flexibility index (Phi) is 2.16. The Morgan fingerprint density at radius 1 is 1.64 bits per heavy atom. The molecule has 1 nitrogen and oxygen atoms in total. The molecular formula is C10H11O. The molecule has 1 radical (unpaired) electrons. The number of terminal acetylenes is 1. The van der Waals surface area contributed by atoms with Crippen molar-refractivity contribution < 1.29 is 4.74 Å². The van der Waals surface area contributed by atoms with Crippen molar-refractivity contribution >= 4 is 0 Å². The third kappa shape index (κ3) is 1.22. The number of hydrogen-bond acceptors (Lipinski definition) is 1. The highest BCUT2D eigenvalue weighted by Gasteiger charge is 2.30. The molecule has 1 heteroatoms. The van der Waals surface area contributed by atoms with Crippen LogP contribution in [0, 0.1) is 25.2 Å². The van der Waals surface area contributed by atoms with E-state index in [4.69, 9.17) is 11.2 Å². The van der Waals surface area contributed by atoms with Crippen molar-refractivity contribution in [3.05, 3.63) is 31.2 Å². The summed E-state index contributed by atoms with van der Waals surface area (Å²) >= 11 is 0. The minimum atomic E-state index is -0.630. The van der Waals surface area contributed by atoms with Gasteiger partial charge in [0.05, 0.1) is 0 Å². The summed E-state index contributed by atoms with van der Waals surface area (Å²) in [7, 11) is 1.60. The van der Waals surface area contributed by atoms with Crippen LogP contribution in [0.2, 0.25) is 0 Å². The first-order valence-corrected chi connectivity index (χ1v) is 3.47. The summed E-state index contributed by atoms with van der Waals surface area (Å²) in [6.45, 7) is 3.89.